The zero-order valence-corrected chi connectivity index (χ0v) is 12.8. The van der Waals surface area contributed by atoms with Gasteiger partial charge >= 0.3 is 0 Å². The van der Waals surface area contributed by atoms with Crippen molar-refractivity contribution in [2.75, 3.05) is 0 Å². The minimum absolute atomic E-state index is 0.0340. The number of hydrogen-bond donors (Lipinski definition) is 1. The van der Waals surface area contributed by atoms with Gasteiger partial charge in [-0.25, -0.2) is 0 Å². The van der Waals surface area contributed by atoms with Crippen molar-refractivity contribution in [1.82, 2.24) is 4.57 Å². The molecule has 0 aliphatic rings. The summed E-state index contributed by atoms with van der Waals surface area (Å²) in [6.45, 7) is 7.85. The first-order valence-corrected chi connectivity index (χ1v) is 6.79. The quantitative estimate of drug-likeness (QED) is 0.912. The van der Waals surface area contributed by atoms with Crippen LogP contribution in [0.4, 0.5) is 0 Å². The van der Waals surface area contributed by atoms with E-state index in [2.05, 4.69) is 26.0 Å². The van der Waals surface area contributed by atoms with Gasteiger partial charge in [0.15, 0.2) is 0 Å². The third-order valence-electron chi connectivity index (χ3n) is 3.80. The van der Waals surface area contributed by atoms with Crippen LogP contribution < -0.4 is 11.3 Å². The number of nitrogens with zero attached hydrogens (tertiary/aromatic N) is 1. The van der Waals surface area contributed by atoms with E-state index in [-0.39, 0.29) is 5.56 Å². The predicted molar refractivity (Wildman–Crippen MR) is 83.8 cm³/mol. The molecule has 0 amide bonds. The number of benzene rings is 1. The Kier molecular flexibility index (Phi) is 3.57. The predicted octanol–water partition coefficient (Wildman–Crippen LogP) is 2.86. The van der Waals surface area contributed by atoms with Crippen LogP contribution in [0.5, 0.6) is 0 Å². The van der Waals surface area contributed by atoms with Gasteiger partial charge in [-0.05, 0) is 62.6 Å². The van der Waals surface area contributed by atoms with Crippen molar-refractivity contribution in [3.63, 3.8) is 0 Å². The van der Waals surface area contributed by atoms with Crippen LogP contribution in [0.25, 0.3) is 11.3 Å². The number of rotatable bonds is 2. The van der Waals surface area contributed by atoms with Crippen LogP contribution in [0.2, 0.25) is 0 Å². The lowest BCUT2D eigenvalue weighted by molar-refractivity contribution is 0.541. The molecule has 0 spiro atoms. The van der Waals surface area contributed by atoms with E-state index in [9.17, 15) is 4.79 Å². The molecule has 3 heteroatoms. The summed E-state index contributed by atoms with van der Waals surface area (Å²) < 4.78 is 1.67. The monoisotopic (exact) mass is 270 g/mol. The Bertz CT molecular complexity index is 706. The first kappa shape index (κ1) is 14.5. The number of pyridine rings is 1. The number of aromatic nitrogens is 1. The number of hydrogen-bond acceptors (Lipinski definition) is 2. The van der Waals surface area contributed by atoms with Crippen LogP contribution in [-0.4, -0.2) is 4.57 Å². The zero-order chi connectivity index (χ0) is 15.1. The van der Waals surface area contributed by atoms with Gasteiger partial charge in [-0.15, -0.1) is 0 Å². The Balaban J connectivity index is 2.63. The maximum absolute atomic E-state index is 12.4. The molecule has 2 aromatic rings. The minimum Gasteiger partial charge on any atom is -0.322 e. The molecule has 0 saturated carbocycles. The summed E-state index contributed by atoms with van der Waals surface area (Å²) in [5.74, 6) is 0. The van der Waals surface area contributed by atoms with Crippen molar-refractivity contribution < 1.29 is 0 Å². The standard InChI is InChI=1S/C17H22N2O/c1-11-6-7-13(10-12(11)2)15-9-8-14(17(3,4)18)16(20)19(15)5/h6-10H,18H2,1-5H3. The maximum Gasteiger partial charge on any atom is 0.255 e. The number of nitrogens with two attached hydrogens (primary N) is 1. The van der Waals surface area contributed by atoms with Crippen LogP contribution >= 0.6 is 0 Å². The summed E-state index contributed by atoms with van der Waals surface area (Å²) in [6, 6.07) is 10.0. The minimum atomic E-state index is -0.628. The molecular formula is C17H22N2O. The lowest BCUT2D eigenvalue weighted by Gasteiger charge is -2.20. The summed E-state index contributed by atoms with van der Waals surface area (Å²) in [5, 5.41) is 0. The van der Waals surface area contributed by atoms with Gasteiger partial charge in [0.05, 0.1) is 5.69 Å². The molecule has 2 N–H and O–H groups in total. The summed E-state index contributed by atoms with van der Waals surface area (Å²) in [5.41, 5.74) is 10.4. The van der Waals surface area contributed by atoms with Crippen LogP contribution in [0.3, 0.4) is 0 Å². The van der Waals surface area contributed by atoms with Gasteiger partial charge in [0, 0.05) is 18.2 Å². The van der Waals surface area contributed by atoms with Gasteiger partial charge in [-0.3, -0.25) is 4.79 Å². The molecule has 1 aromatic carbocycles. The lowest BCUT2D eigenvalue weighted by atomic mass is 9.95. The fourth-order valence-electron chi connectivity index (χ4n) is 2.32. The molecule has 20 heavy (non-hydrogen) atoms. The Morgan fingerprint density at radius 1 is 1.05 bits per heavy atom. The van der Waals surface area contributed by atoms with E-state index in [0.29, 0.717) is 5.56 Å². The van der Waals surface area contributed by atoms with Crippen molar-refractivity contribution in [1.29, 1.82) is 0 Å². The zero-order valence-electron chi connectivity index (χ0n) is 12.8. The topological polar surface area (TPSA) is 48.0 Å². The van der Waals surface area contributed by atoms with E-state index in [1.807, 2.05) is 32.0 Å². The Morgan fingerprint density at radius 2 is 1.70 bits per heavy atom. The molecule has 0 aliphatic heterocycles. The second-order valence-corrected chi connectivity index (χ2v) is 6.02. The average molecular weight is 270 g/mol. The van der Waals surface area contributed by atoms with Crippen LogP contribution in [0.1, 0.15) is 30.5 Å². The van der Waals surface area contributed by atoms with Crippen molar-refractivity contribution in [2.45, 2.75) is 33.2 Å². The molecule has 0 unspecified atom stereocenters. The first-order valence-electron chi connectivity index (χ1n) is 6.79. The van der Waals surface area contributed by atoms with Crippen LogP contribution in [0, 0.1) is 13.8 Å². The maximum atomic E-state index is 12.4. The molecule has 0 radical (unpaired) electrons. The highest BCUT2D eigenvalue weighted by Gasteiger charge is 2.20. The SMILES string of the molecule is Cc1ccc(-c2ccc(C(C)(C)N)c(=O)n2C)cc1C. The molecule has 3 nitrogen and oxygen atoms in total. The Morgan fingerprint density at radius 3 is 2.25 bits per heavy atom. The molecule has 0 atom stereocenters. The van der Waals surface area contributed by atoms with Crippen LogP contribution in [0.15, 0.2) is 35.1 Å². The largest absolute Gasteiger partial charge is 0.322 e. The van der Waals surface area contributed by atoms with Crippen molar-refractivity contribution in [3.8, 4) is 11.3 Å². The lowest BCUT2D eigenvalue weighted by Crippen LogP contribution is -2.37. The summed E-state index contributed by atoms with van der Waals surface area (Å²) in [4.78, 5) is 12.4. The van der Waals surface area contributed by atoms with E-state index in [4.69, 9.17) is 5.73 Å². The summed E-state index contributed by atoms with van der Waals surface area (Å²) >= 11 is 0. The molecule has 0 saturated heterocycles. The second-order valence-electron chi connectivity index (χ2n) is 6.02. The molecule has 2 rings (SSSR count). The van der Waals surface area contributed by atoms with E-state index < -0.39 is 5.54 Å². The van der Waals surface area contributed by atoms with Crippen molar-refractivity contribution in [2.24, 2.45) is 12.8 Å². The van der Waals surface area contributed by atoms with Gasteiger partial charge in [-0.1, -0.05) is 12.1 Å². The Labute approximate surface area is 120 Å². The molecular weight excluding hydrogens is 248 g/mol. The van der Waals surface area contributed by atoms with E-state index >= 15 is 0 Å². The normalized spacial score (nSPS) is 11.7. The van der Waals surface area contributed by atoms with Crippen molar-refractivity contribution >= 4 is 0 Å². The van der Waals surface area contributed by atoms with E-state index in [1.54, 1.807) is 11.6 Å². The molecule has 1 heterocycles. The number of aryl methyl sites for hydroxylation is 2. The average Bonchev–Trinajstić information content (AvgIpc) is 2.34. The Hall–Kier alpha value is -1.87. The van der Waals surface area contributed by atoms with E-state index in [0.717, 1.165) is 11.3 Å². The molecule has 1 aromatic heterocycles. The highest BCUT2D eigenvalue weighted by atomic mass is 16.1. The molecule has 0 aliphatic carbocycles. The summed E-state index contributed by atoms with van der Waals surface area (Å²) in [7, 11) is 1.79. The second kappa shape index (κ2) is 4.91. The first-order chi connectivity index (χ1) is 9.21. The highest BCUT2D eigenvalue weighted by Crippen LogP contribution is 2.22. The third-order valence-corrected chi connectivity index (χ3v) is 3.80. The van der Waals surface area contributed by atoms with Gasteiger partial charge < -0.3 is 10.3 Å². The third kappa shape index (κ3) is 2.54. The van der Waals surface area contributed by atoms with Gasteiger partial charge in [0.25, 0.3) is 5.56 Å². The van der Waals surface area contributed by atoms with Gasteiger partial charge in [0.2, 0.25) is 0 Å². The highest BCUT2D eigenvalue weighted by molar-refractivity contribution is 5.61. The van der Waals surface area contributed by atoms with Crippen LogP contribution in [-0.2, 0) is 12.6 Å². The van der Waals surface area contributed by atoms with Gasteiger partial charge in [-0.2, -0.15) is 0 Å². The fraction of sp³-hybridized carbons (Fsp3) is 0.353. The smallest absolute Gasteiger partial charge is 0.255 e. The molecule has 106 valence electrons. The van der Waals surface area contributed by atoms with Crippen molar-refractivity contribution in [3.05, 3.63) is 57.4 Å². The molecule has 0 fully saturated rings. The van der Waals surface area contributed by atoms with E-state index in [1.165, 1.54) is 11.1 Å². The molecule has 0 bridgehead atoms. The summed E-state index contributed by atoms with van der Waals surface area (Å²) in [6.07, 6.45) is 0. The van der Waals surface area contributed by atoms with Gasteiger partial charge in [0.1, 0.15) is 0 Å². The fourth-order valence-corrected chi connectivity index (χ4v) is 2.32.